The first kappa shape index (κ1) is 18.2. The average Bonchev–Trinajstić information content (AvgIpc) is 2.37. The number of hydrogen-bond acceptors (Lipinski definition) is 5. The molecule has 0 aliphatic rings. The number of carboxylic acid groups (broad SMARTS) is 1. The Labute approximate surface area is 118 Å². The molecule has 0 spiro atoms. The number of carboxylic acids is 1. The summed E-state index contributed by atoms with van der Waals surface area (Å²) in [5.41, 5.74) is 5.62. The van der Waals surface area contributed by atoms with E-state index in [9.17, 15) is 19.8 Å². The van der Waals surface area contributed by atoms with Crippen LogP contribution in [0.15, 0.2) is 12.2 Å². The Balaban J connectivity index is 3.94. The molecule has 0 rings (SSSR count). The number of hydrogen-bond donors (Lipinski definition) is 2. The largest absolute Gasteiger partial charge is 0.538 e. The highest BCUT2D eigenvalue weighted by Crippen LogP contribution is 2.06. The van der Waals surface area contributed by atoms with Crippen LogP contribution in [0.3, 0.4) is 0 Å². The van der Waals surface area contributed by atoms with Crippen molar-refractivity contribution in [1.82, 2.24) is 0 Å². The lowest BCUT2D eigenvalue weighted by Gasteiger charge is -2.05. The third-order valence-corrected chi connectivity index (χ3v) is 2.80. The van der Waals surface area contributed by atoms with Gasteiger partial charge in [0.25, 0.3) is 5.78 Å². The van der Waals surface area contributed by atoms with Crippen molar-refractivity contribution >= 4 is 17.5 Å². The zero-order valence-corrected chi connectivity index (χ0v) is 11.8. The van der Waals surface area contributed by atoms with E-state index in [1.807, 2.05) is 12.2 Å². The van der Waals surface area contributed by atoms with Crippen molar-refractivity contribution in [3.8, 4) is 0 Å². The van der Waals surface area contributed by atoms with Gasteiger partial charge in [0.2, 0.25) is 0 Å². The quantitative estimate of drug-likeness (QED) is 0.144. The molecule has 1 unspecified atom stereocenters. The molecule has 6 nitrogen and oxygen atoms in total. The van der Waals surface area contributed by atoms with Crippen LogP contribution in [0.25, 0.3) is 0 Å². The highest BCUT2D eigenvalue weighted by molar-refractivity contribution is 6.61. The maximum Gasteiger partial charge on any atom is 0.429 e. The third-order valence-electron chi connectivity index (χ3n) is 2.80. The molecule has 0 aromatic heterocycles. The van der Waals surface area contributed by atoms with Crippen LogP contribution in [0.2, 0.25) is 0 Å². The zero-order valence-electron chi connectivity index (χ0n) is 11.8. The lowest BCUT2D eigenvalue weighted by molar-refractivity contribution is -0.298. The van der Waals surface area contributed by atoms with Crippen LogP contribution in [-0.2, 0) is 9.59 Å². The van der Waals surface area contributed by atoms with E-state index >= 15 is 0 Å². The van der Waals surface area contributed by atoms with Crippen molar-refractivity contribution in [3.05, 3.63) is 12.2 Å². The molecule has 0 amide bonds. The highest BCUT2D eigenvalue weighted by Gasteiger charge is 2.26. The van der Waals surface area contributed by atoms with Gasteiger partial charge in [-0.2, -0.15) is 0 Å². The third kappa shape index (κ3) is 8.34. The smallest absolute Gasteiger partial charge is 0.429 e. The number of aliphatic hydroxyl groups is 1. The number of rotatable bonds is 11. The molecule has 20 heavy (non-hydrogen) atoms. The summed E-state index contributed by atoms with van der Waals surface area (Å²) in [6.45, 7) is 2.14. The molecule has 0 aromatic rings. The number of Topliss-reactive ketones (excluding diaryl/α,β-unsaturated/α-hetero) is 1. The topological polar surface area (TPSA) is 115 Å². The first-order valence-corrected chi connectivity index (χ1v) is 6.84. The van der Waals surface area contributed by atoms with Gasteiger partial charge in [-0.25, -0.2) is 0 Å². The molecule has 0 aromatic carbocycles. The summed E-state index contributed by atoms with van der Waals surface area (Å²) < 4.78 is 0. The minimum absolute atomic E-state index is 0.352. The van der Waals surface area contributed by atoms with Crippen molar-refractivity contribution in [3.63, 3.8) is 0 Å². The van der Waals surface area contributed by atoms with E-state index in [1.54, 1.807) is 0 Å². The number of carbonyl (C=O) groups excluding carboxylic acids is 2. The molecule has 112 valence electrons. The number of nitrogens with zero attached hydrogens (tertiary/aromatic N) is 1. The molecular weight excluding hydrogens is 260 g/mol. The fourth-order valence-corrected chi connectivity index (χ4v) is 1.67. The van der Waals surface area contributed by atoms with E-state index in [2.05, 4.69) is 11.7 Å². The van der Waals surface area contributed by atoms with E-state index in [0.717, 1.165) is 12.8 Å². The van der Waals surface area contributed by atoms with Gasteiger partial charge in [-0.1, -0.05) is 31.9 Å². The number of carbonyl (C=O) groups is 2. The Morgan fingerprint density at radius 1 is 1.30 bits per heavy atom. The van der Waals surface area contributed by atoms with Crippen molar-refractivity contribution in [1.29, 1.82) is 5.53 Å². The minimum Gasteiger partial charge on any atom is -0.538 e. The van der Waals surface area contributed by atoms with Gasteiger partial charge in [0.1, 0.15) is 0 Å². The molecule has 0 fully saturated rings. The Morgan fingerprint density at radius 2 is 1.95 bits per heavy atom. The molecule has 0 saturated heterocycles. The molecule has 2 N–H and O–H groups in total. The van der Waals surface area contributed by atoms with E-state index < -0.39 is 23.6 Å². The summed E-state index contributed by atoms with van der Waals surface area (Å²) in [5, 5.41) is 20.1. The fraction of sp³-hybridized carbons (Fsp3) is 0.643. The summed E-state index contributed by atoms with van der Waals surface area (Å²) in [5.74, 6) is -2.66. The van der Waals surface area contributed by atoms with E-state index in [-0.39, 0.29) is 6.42 Å². The SMILES string of the molecule is CCCCCC=CCCC(O)CC(=O)C(=[N+]=N)C(=O)[O-]. The van der Waals surface area contributed by atoms with Crippen LogP contribution in [0.4, 0.5) is 0 Å². The number of allylic oxidation sites excluding steroid dienone is 2. The second kappa shape index (κ2) is 11.1. The maximum absolute atomic E-state index is 11.4. The van der Waals surface area contributed by atoms with E-state index in [0.29, 0.717) is 12.8 Å². The molecule has 0 heterocycles. The van der Waals surface area contributed by atoms with Crippen molar-refractivity contribution < 1.29 is 24.6 Å². The van der Waals surface area contributed by atoms with Gasteiger partial charge in [-0.05, 0) is 25.7 Å². The Bertz CT molecular complexity index is 398. The molecule has 6 heteroatoms. The second-order valence-electron chi connectivity index (χ2n) is 4.57. The van der Waals surface area contributed by atoms with Crippen LogP contribution in [-0.4, -0.2) is 33.5 Å². The molecule has 0 bridgehead atoms. The number of ketones is 1. The number of aliphatic carboxylic acids is 1. The molecular formula is C14H22N2O4. The van der Waals surface area contributed by atoms with Gasteiger partial charge in [-0.3, -0.25) is 4.79 Å². The Morgan fingerprint density at radius 3 is 2.50 bits per heavy atom. The number of aliphatic hydroxyl groups excluding tert-OH is 1. The van der Waals surface area contributed by atoms with Gasteiger partial charge < -0.3 is 15.0 Å². The Kier molecular flexibility index (Phi) is 10.1. The second-order valence-corrected chi connectivity index (χ2v) is 4.57. The van der Waals surface area contributed by atoms with Crippen LogP contribution in [0.1, 0.15) is 51.9 Å². The van der Waals surface area contributed by atoms with Gasteiger partial charge in [0.05, 0.1) is 16.4 Å². The van der Waals surface area contributed by atoms with Gasteiger partial charge in [-0.15, -0.1) is 0 Å². The van der Waals surface area contributed by atoms with Crippen LogP contribution >= 0.6 is 0 Å². The normalized spacial score (nSPS) is 12.1. The lowest BCUT2D eigenvalue weighted by atomic mass is 10.0. The predicted octanol–water partition coefficient (Wildman–Crippen LogP) is 0.653. The summed E-state index contributed by atoms with van der Waals surface area (Å²) in [4.78, 5) is 24.5. The fourth-order valence-electron chi connectivity index (χ4n) is 1.67. The van der Waals surface area contributed by atoms with Gasteiger partial charge in [0.15, 0.2) is 5.97 Å². The zero-order chi connectivity index (χ0) is 15.4. The summed E-state index contributed by atoms with van der Waals surface area (Å²) in [6.07, 6.45) is 8.21. The standard InChI is InChI=1S/C14H22N2O4/c1-2-3-4-5-6-7-8-9-11(17)10-12(18)13(16-15)14(19)20/h6-7,11,15,17H,2-5,8-10H2,1H3. The summed E-state index contributed by atoms with van der Waals surface area (Å²) in [6, 6.07) is 0. The van der Waals surface area contributed by atoms with E-state index in [4.69, 9.17) is 5.53 Å². The average molecular weight is 282 g/mol. The van der Waals surface area contributed by atoms with Gasteiger partial charge >= 0.3 is 5.71 Å². The predicted molar refractivity (Wildman–Crippen MR) is 71.1 cm³/mol. The monoisotopic (exact) mass is 282 g/mol. The number of unbranched alkanes of at least 4 members (excludes halogenated alkanes) is 3. The van der Waals surface area contributed by atoms with Crippen LogP contribution in [0, 0.1) is 5.53 Å². The first-order valence-electron chi connectivity index (χ1n) is 6.84. The van der Waals surface area contributed by atoms with Crippen molar-refractivity contribution in [2.45, 2.75) is 58.0 Å². The van der Waals surface area contributed by atoms with Gasteiger partial charge in [0, 0.05) is 6.42 Å². The summed E-state index contributed by atoms with van der Waals surface area (Å²) in [7, 11) is 0. The van der Waals surface area contributed by atoms with E-state index in [1.165, 1.54) is 12.8 Å². The van der Waals surface area contributed by atoms with Crippen molar-refractivity contribution in [2.75, 3.05) is 0 Å². The Hall–Kier alpha value is -1.78. The van der Waals surface area contributed by atoms with Crippen LogP contribution < -0.4 is 5.11 Å². The number of nitrogens with one attached hydrogen (secondary N) is 1. The van der Waals surface area contributed by atoms with Crippen LogP contribution in [0.5, 0.6) is 0 Å². The van der Waals surface area contributed by atoms with Crippen molar-refractivity contribution in [2.24, 2.45) is 0 Å². The molecule has 1 atom stereocenters. The maximum atomic E-state index is 11.4. The molecule has 0 aliphatic heterocycles. The lowest BCUT2D eigenvalue weighted by Crippen LogP contribution is -2.38. The summed E-state index contributed by atoms with van der Waals surface area (Å²) >= 11 is 0. The molecule has 0 radical (unpaired) electrons. The molecule has 0 aliphatic carbocycles. The minimum atomic E-state index is -1.78. The molecule has 0 saturated carbocycles. The first-order chi connectivity index (χ1) is 9.52. The highest BCUT2D eigenvalue weighted by atomic mass is 16.4.